The smallest absolute Gasteiger partial charge is 0.243 e. The highest BCUT2D eigenvalue weighted by molar-refractivity contribution is 5.95. The molecular formula is C19H27N3O3. The number of benzene rings is 1. The molecule has 136 valence electrons. The maximum absolute atomic E-state index is 12.3. The van der Waals surface area contributed by atoms with E-state index in [1.54, 1.807) is 12.1 Å². The molecule has 3 unspecified atom stereocenters. The van der Waals surface area contributed by atoms with Crippen molar-refractivity contribution in [1.82, 2.24) is 10.6 Å². The van der Waals surface area contributed by atoms with Crippen LogP contribution >= 0.6 is 0 Å². The van der Waals surface area contributed by atoms with Gasteiger partial charge in [0.05, 0.1) is 19.2 Å². The Morgan fingerprint density at radius 2 is 1.96 bits per heavy atom. The zero-order valence-corrected chi connectivity index (χ0v) is 14.7. The molecule has 6 nitrogen and oxygen atoms in total. The van der Waals surface area contributed by atoms with Crippen molar-refractivity contribution in [2.45, 2.75) is 51.1 Å². The summed E-state index contributed by atoms with van der Waals surface area (Å²) in [7, 11) is 0. The van der Waals surface area contributed by atoms with E-state index in [4.69, 9.17) is 4.74 Å². The van der Waals surface area contributed by atoms with Crippen LogP contribution in [0.2, 0.25) is 0 Å². The van der Waals surface area contributed by atoms with E-state index in [-0.39, 0.29) is 24.4 Å². The second-order valence-corrected chi connectivity index (χ2v) is 6.83. The Morgan fingerprint density at radius 1 is 1.20 bits per heavy atom. The van der Waals surface area contributed by atoms with E-state index in [0.717, 1.165) is 18.6 Å². The van der Waals surface area contributed by atoms with Crippen LogP contribution in [-0.4, -0.2) is 37.0 Å². The molecule has 1 aliphatic heterocycles. The van der Waals surface area contributed by atoms with Gasteiger partial charge in [0, 0.05) is 11.7 Å². The van der Waals surface area contributed by atoms with Gasteiger partial charge < -0.3 is 20.7 Å². The summed E-state index contributed by atoms with van der Waals surface area (Å²) in [6.07, 6.45) is 5.76. The van der Waals surface area contributed by atoms with Gasteiger partial charge in [-0.3, -0.25) is 9.59 Å². The molecular weight excluding hydrogens is 318 g/mol. The molecule has 0 radical (unpaired) electrons. The van der Waals surface area contributed by atoms with Gasteiger partial charge in [-0.2, -0.15) is 0 Å². The van der Waals surface area contributed by atoms with E-state index < -0.39 is 0 Å². The van der Waals surface area contributed by atoms with Crippen molar-refractivity contribution in [3.8, 4) is 5.75 Å². The lowest BCUT2D eigenvalue weighted by atomic mass is 9.85. The van der Waals surface area contributed by atoms with Crippen LogP contribution < -0.4 is 20.7 Å². The average Bonchev–Trinajstić information content (AvgIpc) is 3.06. The lowest BCUT2D eigenvalue weighted by Crippen LogP contribution is -2.45. The first-order valence-electron chi connectivity index (χ1n) is 9.22. The highest BCUT2D eigenvalue weighted by atomic mass is 16.5. The van der Waals surface area contributed by atoms with Gasteiger partial charge in [0.25, 0.3) is 0 Å². The molecule has 3 rings (SSSR count). The largest absolute Gasteiger partial charge is 0.494 e. The fourth-order valence-electron chi connectivity index (χ4n) is 3.82. The third-order valence-electron chi connectivity index (χ3n) is 5.05. The quantitative estimate of drug-likeness (QED) is 0.737. The van der Waals surface area contributed by atoms with Crippen LogP contribution in [-0.2, 0) is 9.59 Å². The second-order valence-electron chi connectivity index (χ2n) is 6.83. The first-order chi connectivity index (χ1) is 12.2. The van der Waals surface area contributed by atoms with E-state index in [1.807, 2.05) is 19.1 Å². The van der Waals surface area contributed by atoms with Crippen LogP contribution in [0.15, 0.2) is 24.3 Å². The summed E-state index contributed by atoms with van der Waals surface area (Å²) in [5, 5.41) is 8.95. The molecule has 0 aromatic heterocycles. The zero-order valence-electron chi connectivity index (χ0n) is 14.7. The normalized spacial score (nSPS) is 25.1. The number of carbonyl (C=O) groups is 2. The molecule has 0 bridgehead atoms. The molecule has 1 saturated heterocycles. The van der Waals surface area contributed by atoms with Crippen molar-refractivity contribution >= 4 is 17.5 Å². The Morgan fingerprint density at radius 3 is 2.68 bits per heavy atom. The topological polar surface area (TPSA) is 79.5 Å². The number of amides is 2. The molecule has 1 aliphatic carbocycles. The minimum Gasteiger partial charge on any atom is -0.494 e. The molecule has 1 heterocycles. The van der Waals surface area contributed by atoms with Gasteiger partial charge in [0.15, 0.2) is 0 Å². The van der Waals surface area contributed by atoms with Crippen LogP contribution in [0, 0.1) is 5.92 Å². The molecule has 3 N–H and O–H groups in total. The van der Waals surface area contributed by atoms with Crippen LogP contribution in [0.25, 0.3) is 0 Å². The molecule has 2 amide bonds. The van der Waals surface area contributed by atoms with Crippen molar-refractivity contribution in [3.63, 3.8) is 0 Å². The molecule has 2 aliphatic rings. The van der Waals surface area contributed by atoms with Crippen LogP contribution in [0.3, 0.4) is 0 Å². The first-order valence-corrected chi connectivity index (χ1v) is 9.22. The molecule has 25 heavy (non-hydrogen) atoms. The molecule has 1 saturated carbocycles. The van der Waals surface area contributed by atoms with Gasteiger partial charge in [0.1, 0.15) is 5.75 Å². The number of anilines is 1. The lowest BCUT2D eigenvalue weighted by Gasteiger charge is -2.24. The van der Waals surface area contributed by atoms with Crippen molar-refractivity contribution in [3.05, 3.63) is 24.3 Å². The number of fused-ring (bicyclic) bond motifs is 1. The number of ether oxygens (including phenoxy) is 1. The van der Waals surface area contributed by atoms with Crippen LogP contribution in [0.4, 0.5) is 5.69 Å². The maximum Gasteiger partial charge on any atom is 0.243 e. The minimum atomic E-state index is -0.229. The predicted octanol–water partition coefficient (Wildman–Crippen LogP) is 2.06. The molecule has 1 aromatic carbocycles. The van der Waals surface area contributed by atoms with Crippen molar-refractivity contribution in [1.29, 1.82) is 0 Å². The fourth-order valence-corrected chi connectivity index (χ4v) is 3.82. The Kier molecular flexibility index (Phi) is 5.91. The van der Waals surface area contributed by atoms with Gasteiger partial charge >= 0.3 is 0 Å². The highest BCUT2D eigenvalue weighted by Crippen LogP contribution is 2.33. The van der Waals surface area contributed by atoms with Crippen LogP contribution in [0.5, 0.6) is 5.75 Å². The third-order valence-corrected chi connectivity index (χ3v) is 5.05. The Bertz CT molecular complexity index is 588. The summed E-state index contributed by atoms with van der Waals surface area (Å²) in [5.74, 6) is 1.08. The second kappa shape index (κ2) is 8.34. The summed E-state index contributed by atoms with van der Waals surface area (Å²) in [4.78, 5) is 24.3. The standard InChI is InChI=1S/C19H27N3O3/c1-2-25-15-9-7-14(8-10-15)21-18(23)12-20-19(24)17-11-13-5-3-4-6-16(13)22-17/h7-10,13,16-17,22H,2-6,11-12H2,1H3,(H,20,24)(H,21,23). The SMILES string of the molecule is CCOc1ccc(NC(=O)CNC(=O)C2CC3CCCCC3N2)cc1. The predicted molar refractivity (Wildman–Crippen MR) is 96.5 cm³/mol. The summed E-state index contributed by atoms with van der Waals surface area (Å²) >= 11 is 0. The fraction of sp³-hybridized carbons (Fsp3) is 0.579. The minimum absolute atomic E-state index is 0.0143. The van der Waals surface area contributed by atoms with E-state index >= 15 is 0 Å². The van der Waals surface area contributed by atoms with Gasteiger partial charge in [-0.05, 0) is 56.4 Å². The van der Waals surface area contributed by atoms with Gasteiger partial charge in [-0.1, -0.05) is 12.8 Å². The van der Waals surface area contributed by atoms with E-state index in [1.165, 1.54) is 19.3 Å². The average molecular weight is 345 g/mol. The molecule has 6 heteroatoms. The van der Waals surface area contributed by atoms with E-state index in [2.05, 4.69) is 16.0 Å². The first kappa shape index (κ1) is 17.7. The Hall–Kier alpha value is -2.08. The van der Waals surface area contributed by atoms with Crippen molar-refractivity contribution in [2.75, 3.05) is 18.5 Å². The van der Waals surface area contributed by atoms with Crippen molar-refractivity contribution < 1.29 is 14.3 Å². The van der Waals surface area contributed by atoms with E-state index in [0.29, 0.717) is 24.3 Å². The van der Waals surface area contributed by atoms with Gasteiger partial charge in [-0.25, -0.2) is 0 Å². The van der Waals surface area contributed by atoms with Gasteiger partial charge in [0.2, 0.25) is 11.8 Å². The molecule has 3 atom stereocenters. The van der Waals surface area contributed by atoms with E-state index in [9.17, 15) is 9.59 Å². The third kappa shape index (κ3) is 4.72. The van der Waals surface area contributed by atoms with Crippen molar-refractivity contribution in [2.24, 2.45) is 5.92 Å². The van der Waals surface area contributed by atoms with Gasteiger partial charge in [-0.15, -0.1) is 0 Å². The zero-order chi connectivity index (χ0) is 17.6. The highest BCUT2D eigenvalue weighted by Gasteiger charge is 2.38. The maximum atomic E-state index is 12.3. The molecule has 2 fully saturated rings. The number of hydrogen-bond donors (Lipinski definition) is 3. The number of carbonyl (C=O) groups excluding carboxylic acids is 2. The summed E-state index contributed by atoms with van der Waals surface area (Å²) in [6, 6.07) is 7.50. The number of nitrogens with one attached hydrogen (secondary N) is 3. The molecule has 1 aromatic rings. The molecule has 0 spiro atoms. The summed E-state index contributed by atoms with van der Waals surface area (Å²) < 4.78 is 5.37. The Balaban J connectivity index is 1.42. The Labute approximate surface area is 148 Å². The number of hydrogen-bond acceptors (Lipinski definition) is 4. The lowest BCUT2D eigenvalue weighted by molar-refractivity contribution is -0.125. The van der Waals surface area contributed by atoms with Crippen LogP contribution in [0.1, 0.15) is 39.0 Å². The monoisotopic (exact) mass is 345 g/mol. The summed E-state index contributed by atoms with van der Waals surface area (Å²) in [6.45, 7) is 2.51. The number of rotatable bonds is 6. The summed E-state index contributed by atoms with van der Waals surface area (Å²) in [5.41, 5.74) is 0.688.